The predicted octanol–water partition coefficient (Wildman–Crippen LogP) is 1.78. The van der Waals surface area contributed by atoms with Gasteiger partial charge in [0.05, 0.1) is 0 Å². The summed E-state index contributed by atoms with van der Waals surface area (Å²) in [6.45, 7) is 14.3. The smallest absolute Gasteiger partial charge is 0.132 e. The van der Waals surface area contributed by atoms with E-state index in [9.17, 15) is 0 Å². The van der Waals surface area contributed by atoms with E-state index in [4.69, 9.17) is 4.98 Å². The van der Waals surface area contributed by atoms with Gasteiger partial charge in [0.1, 0.15) is 5.82 Å². The van der Waals surface area contributed by atoms with Crippen LogP contribution in [0.5, 0.6) is 0 Å². The summed E-state index contributed by atoms with van der Waals surface area (Å²) >= 11 is 0. The fourth-order valence-corrected chi connectivity index (χ4v) is 2.39. The molecule has 0 aliphatic carbocycles. The molecule has 1 aromatic heterocycles. The molecule has 1 saturated heterocycles. The Kier molecular flexibility index (Phi) is 4.53. The largest absolute Gasteiger partial charge is 0.314 e. The lowest BCUT2D eigenvalue weighted by Gasteiger charge is -2.29. The second-order valence-corrected chi connectivity index (χ2v) is 6.50. The highest BCUT2D eigenvalue weighted by Gasteiger charge is 2.20. The van der Waals surface area contributed by atoms with Crippen LogP contribution in [0.2, 0.25) is 0 Å². The normalized spacial score (nSPS) is 19.4. The average Bonchev–Trinajstić information content (AvgIpc) is 2.39. The first kappa shape index (κ1) is 14.4. The number of nitrogens with zero attached hydrogens (tertiary/aromatic N) is 3. The maximum atomic E-state index is 4.76. The summed E-state index contributed by atoms with van der Waals surface area (Å²) in [5, 5.41) is 3.38. The molecule has 0 amide bonds. The molecule has 2 heterocycles. The van der Waals surface area contributed by atoms with Gasteiger partial charge in [-0.15, -0.1) is 0 Å². The summed E-state index contributed by atoms with van der Waals surface area (Å²) in [6.07, 6.45) is 1.90. The minimum absolute atomic E-state index is 0.0897. The van der Waals surface area contributed by atoms with Gasteiger partial charge in [-0.3, -0.25) is 0 Å². The molecule has 0 spiro atoms. The van der Waals surface area contributed by atoms with Crippen LogP contribution in [0.15, 0.2) is 12.3 Å². The SMILES string of the molecule is CC(CN1CCNCC1)c1nccc(C(C)(C)C)n1. The monoisotopic (exact) mass is 262 g/mol. The van der Waals surface area contributed by atoms with Crippen molar-refractivity contribution in [3.8, 4) is 0 Å². The zero-order valence-corrected chi connectivity index (χ0v) is 12.6. The minimum Gasteiger partial charge on any atom is -0.314 e. The molecule has 2 rings (SSSR count). The van der Waals surface area contributed by atoms with E-state index in [0.29, 0.717) is 5.92 Å². The van der Waals surface area contributed by atoms with Gasteiger partial charge in [0.15, 0.2) is 0 Å². The Bertz CT molecular complexity index is 405. The van der Waals surface area contributed by atoms with Crippen LogP contribution in [0, 0.1) is 0 Å². The molecule has 4 nitrogen and oxygen atoms in total. The topological polar surface area (TPSA) is 41.0 Å². The van der Waals surface area contributed by atoms with Crippen LogP contribution in [-0.4, -0.2) is 47.6 Å². The van der Waals surface area contributed by atoms with Crippen molar-refractivity contribution in [3.63, 3.8) is 0 Å². The molecule has 0 saturated carbocycles. The summed E-state index contributed by atoms with van der Waals surface area (Å²) < 4.78 is 0. The Morgan fingerprint density at radius 3 is 2.63 bits per heavy atom. The van der Waals surface area contributed by atoms with Crippen molar-refractivity contribution >= 4 is 0 Å². The highest BCUT2D eigenvalue weighted by Crippen LogP contribution is 2.21. The van der Waals surface area contributed by atoms with E-state index in [1.54, 1.807) is 0 Å². The second-order valence-electron chi connectivity index (χ2n) is 6.50. The number of piperazine rings is 1. The molecule has 0 radical (unpaired) electrons. The van der Waals surface area contributed by atoms with E-state index in [1.807, 2.05) is 12.3 Å². The van der Waals surface area contributed by atoms with E-state index in [0.717, 1.165) is 44.2 Å². The van der Waals surface area contributed by atoms with E-state index < -0.39 is 0 Å². The van der Waals surface area contributed by atoms with Gasteiger partial charge in [-0.05, 0) is 6.07 Å². The van der Waals surface area contributed by atoms with Crippen LogP contribution in [-0.2, 0) is 5.41 Å². The van der Waals surface area contributed by atoms with E-state index in [2.05, 4.69) is 42.9 Å². The summed E-state index contributed by atoms with van der Waals surface area (Å²) in [7, 11) is 0. The van der Waals surface area contributed by atoms with E-state index >= 15 is 0 Å². The molecule has 1 N–H and O–H groups in total. The lowest BCUT2D eigenvalue weighted by atomic mass is 9.92. The number of hydrogen-bond donors (Lipinski definition) is 1. The molecule has 4 heteroatoms. The lowest BCUT2D eigenvalue weighted by molar-refractivity contribution is 0.228. The van der Waals surface area contributed by atoms with Gasteiger partial charge >= 0.3 is 0 Å². The first-order valence-corrected chi connectivity index (χ1v) is 7.23. The van der Waals surface area contributed by atoms with Crippen LogP contribution in [0.1, 0.15) is 45.1 Å². The standard InChI is InChI=1S/C15H26N4/c1-12(11-19-9-7-16-8-10-19)14-17-6-5-13(18-14)15(2,3)4/h5-6,12,16H,7-11H2,1-4H3. The van der Waals surface area contributed by atoms with Gasteiger partial charge in [0.2, 0.25) is 0 Å². The third-order valence-corrected chi connectivity index (χ3v) is 3.63. The predicted molar refractivity (Wildman–Crippen MR) is 78.5 cm³/mol. The summed E-state index contributed by atoms with van der Waals surface area (Å²) in [5.41, 5.74) is 1.22. The van der Waals surface area contributed by atoms with Crippen molar-refractivity contribution in [2.75, 3.05) is 32.7 Å². The molecular formula is C15H26N4. The molecule has 1 fully saturated rings. The maximum Gasteiger partial charge on any atom is 0.132 e. The van der Waals surface area contributed by atoms with E-state index in [1.165, 1.54) is 0 Å². The Balaban J connectivity index is 2.04. The lowest BCUT2D eigenvalue weighted by Crippen LogP contribution is -2.44. The number of hydrogen-bond acceptors (Lipinski definition) is 4. The summed E-state index contributed by atoms with van der Waals surface area (Å²) in [6, 6.07) is 2.03. The molecule has 19 heavy (non-hydrogen) atoms. The van der Waals surface area contributed by atoms with Crippen molar-refractivity contribution in [1.29, 1.82) is 0 Å². The highest BCUT2D eigenvalue weighted by atomic mass is 15.2. The molecule has 1 aliphatic heterocycles. The van der Waals surface area contributed by atoms with Crippen molar-refractivity contribution in [3.05, 3.63) is 23.8 Å². The molecule has 106 valence electrons. The molecule has 1 aliphatic rings. The fraction of sp³-hybridized carbons (Fsp3) is 0.733. The quantitative estimate of drug-likeness (QED) is 0.901. The van der Waals surface area contributed by atoms with Crippen LogP contribution in [0.25, 0.3) is 0 Å². The van der Waals surface area contributed by atoms with Crippen LogP contribution in [0.3, 0.4) is 0 Å². The van der Waals surface area contributed by atoms with Gasteiger partial charge in [0.25, 0.3) is 0 Å². The third-order valence-electron chi connectivity index (χ3n) is 3.63. The Labute approximate surface area is 116 Å². The minimum atomic E-state index is 0.0897. The highest BCUT2D eigenvalue weighted by molar-refractivity contribution is 5.13. The van der Waals surface area contributed by atoms with Gasteiger partial charge in [-0.1, -0.05) is 27.7 Å². The third kappa shape index (κ3) is 3.98. The maximum absolute atomic E-state index is 4.76. The zero-order valence-electron chi connectivity index (χ0n) is 12.6. The number of nitrogens with one attached hydrogen (secondary N) is 1. The first-order valence-electron chi connectivity index (χ1n) is 7.23. The Morgan fingerprint density at radius 2 is 2.00 bits per heavy atom. The van der Waals surface area contributed by atoms with Crippen LogP contribution >= 0.6 is 0 Å². The Morgan fingerprint density at radius 1 is 1.32 bits per heavy atom. The second kappa shape index (κ2) is 5.97. The number of rotatable bonds is 3. The van der Waals surface area contributed by atoms with Gasteiger partial charge < -0.3 is 10.2 Å². The molecule has 0 aromatic carbocycles. The zero-order chi connectivity index (χ0) is 13.9. The molecule has 1 aromatic rings. The number of aromatic nitrogens is 2. The average molecular weight is 262 g/mol. The van der Waals surface area contributed by atoms with Crippen molar-refractivity contribution in [1.82, 2.24) is 20.2 Å². The summed E-state index contributed by atoms with van der Waals surface area (Å²) in [5.74, 6) is 1.37. The molecular weight excluding hydrogens is 236 g/mol. The van der Waals surface area contributed by atoms with Gasteiger partial charge in [-0.2, -0.15) is 0 Å². The Hall–Kier alpha value is -1.00. The molecule has 1 atom stereocenters. The van der Waals surface area contributed by atoms with Crippen LogP contribution in [0.4, 0.5) is 0 Å². The van der Waals surface area contributed by atoms with Crippen molar-refractivity contribution in [2.45, 2.75) is 39.0 Å². The first-order chi connectivity index (χ1) is 8.97. The van der Waals surface area contributed by atoms with Crippen LogP contribution < -0.4 is 5.32 Å². The molecule has 1 unspecified atom stereocenters. The van der Waals surface area contributed by atoms with Crippen molar-refractivity contribution < 1.29 is 0 Å². The van der Waals surface area contributed by atoms with Crippen molar-refractivity contribution in [2.24, 2.45) is 0 Å². The van der Waals surface area contributed by atoms with Gasteiger partial charge in [0, 0.05) is 55.9 Å². The molecule has 0 bridgehead atoms. The van der Waals surface area contributed by atoms with Gasteiger partial charge in [-0.25, -0.2) is 9.97 Å². The van der Waals surface area contributed by atoms with E-state index in [-0.39, 0.29) is 5.41 Å². The fourth-order valence-electron chi connectivity index (χ4n) is 2.39. The summed E-state index contributed by atoms with van der Waals surface area (Å²) in [4.78, 5) is 11.7.